The minimum Gasteiger partial charge on any atom is -0.467 e. The minimum atomic E-state index is -0.681. The van der Waals surface area contributed by atoms with Gasteiger partial charge in [-0.05, 0) is 77.9 Å². The van der Waals surface area contributed by atoms with E-state index in [-0.39, 0.29) is 6.61 Å². The van der Waals surface area contributed by atoms with E-state index in [1.54, 1.807) is 30.3 Å². The predicted octanol–water partition coefficient (Wildman–Crippen LogP) is 5.11. The number of carbonyl (C=O) groups excluding carboxylic acids is 2. The molecular formula is C31H35BO8. The van der Waals surface area contributed by atoms with Crippen molar-refractivity contribution in [3.63, 3.8) is 0 Å². The van der Waals surface area contributed by atoms with Crippen molar-refractivity contribution in [3.05, 3.63) is 88.7 Å². The second kappa shape index (κ2) is 10.9. The lowest BCUT2D eigenvalue weighted by atomic mass is 9.86. The second-order valence-corrected chi connectivity index (χ2v) is 11.5. The summed E-state index contributed by atoms with van der Waals surface area (Å²) in [5.41, 5.74) is 2.47. The van der Waals surface area contributed by atoms with E-state index in [1.165, 1.54) is 0 Å². The van der Waals surface area contributed by atoms with Gasteiger partial charge in [-0.2, -0.15) is 0 Å². The number of aryl methyl sites for hydroxylation is 2. The molecule has 0 spiro atoms. The van der Waals surface area contributed by atoms with Crippen LogP contribution in [-0.2, 0) is 23.5 Å². The molecule has 2 saturated heterocycles. The highest BCUT2D eigenvalue weighted by atomic mass is 16.7. The topological polar surface area (TPSA) is 93.4 Å². The van der Waals surface area contributed by atoms with Gasteiger partial charge in [0.2, 0.25) is 0 Å². The first-order valence-corrected chi connectivity index (χ1v) is 13.5. The summed E-state index contributed by atoms with van der Waals surface area (Å²) in [6.45, 7) is 11.7. The van der Waals surface area contributed by atoms with Crippen LogP contribution in [0.4, 0.5) is 0 Å². The first-order chi connectivity index (χ1) is 18.9. The van der Waals surface area contributed by atoms with Crippen LogP contribution in [0.15, 0.2) is 65.1 Å². The highest BCUT2D eigenvalue weighted by Gasteiger charge is 2.53. The molecular weight excluding hydrogens is 511 g/mol. The standard InChI is InChI=1S/C31H35BO8/c1-19-7-11-21(12-8-19)28(33)35-18-26-25(38-29(34)22-13-9-20(2)10-14-22)17-24(36-26)23-15-16-27(37-23)32-39-30(3,4)31(5,6)40-32/h7-16,24-26H,17-18H2,1-6H3/t24-,25+,26-/m1/s1. The smallest absolute Gasteiger partial charge is 0.467 e. The Morgan fingerprint density at radius 2 is 1.38 bits per heavy atom. The highest BCUT2D eigenvalue weighted by molar-refractivity contribution is 6.60. The van der Waals surface area contributed by atoms with Crippen LogP contribution in [0.3, 0.4) is 0 Å². The molecule has 3 heterocycles. The van der Waals surface area contributed by atoms with Crippen molar-refractivity contribution in [2.75, 3.05) is 6.61 Å². The molecule has 210 valence electrons. The van der Waals surface area contributed by atoms with Gasteiger partial charge in [-0.15, -0.1) is 0 Å². The van der Waals surface area contributed by atoms with Crippen LogP contribution >= 0.6 is 0 Å². The molecule has 3 atom stereocenters. The Bertz CT molecular complexity index is 1340. The molecule has 9 heteroatoms. The van der Waals surface area contributed by atoms with Crippen LogP contribution in [-0.4, -0.2) is 49.1 Å². The molecule has 1 aromatic heterocycles. The molecule has 0 bridgehead atoms. The van der Waals surface area contributed by atoms with Crippen molar-refractivity contribution < 1.29 is 37.5 Å². The lowest BCUT2D eigenvalue weighted by Crippen LogP contribution is -2.41. The van der Waals surface area contributed by atoms with E-state index in [0.717, 1.165) is 11.1 Å². The highest BCUT2D eigenvalue weighted by Crippen LogP contribution is 2.38. The summed E-state index contributed by atoms with van der Waals surface area (Å²) >= 11 is 0. The molecule has 8 nitrogen and oxygen atoms in total. The van der Waals surface area contributed by atoms with E-state index in [2.05, 4.69) is 0 Å². The summed E-state index contributed by atoms with van der Waals surface area (Å²) in [4.78, 5) is 25.6. The lowest BCUT2D eigenvalue weighted by molar-refractivity contribution is -0.0456. The van der Waals surface area contributed by atoms with Gasteiger partial charge < -0.3 is 27.9 Å². The summed E-state index contributed by atoms with van der Waals surface area (Å²) in [5, 5.41) is 0. The van der Waals surface area contributed by atoms with E-state index >= 15 is 0 Å². The SMILES string of the molecule is Cc1ccc(C(=O)OC[C@H]2O[C@@H](c3ccc(B4OC(C)(C)C(C)(C)O4)o3)C[C@@H]2OC(=O)c2ccc(C)cc2)cc1. The number of benzene rings is 2. The number of hydrogen-bond acceptors (Lipinski definition) is 8. The zero-order chi connectivity index (χ0) is 28.7. The average Bonchev–Trinajstić information content (AvgIpc) is 3.59. The van der Waals surface area contributed by atoms with E-state index < -0.39 is 48.6 Å². The first kappa shape index (κ1) is 28.1. The van der Waals surface area contributed by atoms with Gasteiger partial charge in [0, 0.05) is 6.42 Å². The van der Waals surface area contributed by atoms with Gasteiger partial charge >= 0.3 is 19.1 Å². The van der Waals surface area contributed by atoms with Crippen molar-refractivity contribution >= 4 is 24.7 Å². The molecule has 0 aliphatic carbocycles. The Kier molecular flexibility index (Phi) is 7.65. The van der Waals surface area contributed by atoms with E-state index in [1.807, 2.05) is 71.9 Å². The fraction of sp³-hybridized carbons (Fsp3) is 0.419. The van der Waals surface area contributed by atoms with Crippen molar-refractivity contribution in [3.8, 4) is 0 Å². The summed E-state index contributed by atoms with van der Waals surface area (Å²) in [5.74, 6) is -0.397. The Hall–Kier alpha value is -3.40. The third kappa shape index (κ3) is 5.87. The lowest BCUT2D eigenvalue weighted by Gasteiger charge is -2.32. The van der Waals surface area contributed by atoms with Crippen LogP contribution in [0, 0.1) is 13.8 Å². The third-order valence-corrected chi connectivity index (χ3v) is 7.86. The molecule has 0 N–H and O–H groups in total. The maximum atomic E-state index is 13.0. The molecule has 2 fully saturated rings. The Labute approximate surface area is 235 Å². The summed E-state index contributed by atoms with van der Waals surface area (Å²) < 4.78 is 36.0. The molecule has 0 saturated carbocycles. The van der Waals surface area contributed by atoms with Crippen molar-refractivity contribution in [2.45, 2.75) is 77.5 Å². The van der Waals surface area contributed by atoms with Crippen LogP contribution in [0.5, 0.6) is 0 Å². The van der Waals surface area contributed by atoms with Gasteiger partial charge in [-0.25, -0.2) is 9.59 Å². The number of furan rings is 1. The quantitative estimate of drug-likeness (QED) is 0.298. The molecule has 2 aromatic carbocycles. The zero-order valence-electron chi connectivity index (χ0n) is 23.8. The Balaban J connectivity index is 1.30. The summed E-state index contributed by atoms with van der Waals surface area (Å²) in [6.07, 6.45) is -1.52. The molecule has 0 amide bonds. The minimum absolute atomic E-state index is 0.0835. The molecule has 40 heavy (non-hydrogen) atoms. The fourth-order valence-electron chi connectivity index (χ4n) is 4.62. The largest absolute Gasteiger partial charge is 0.532 e. The van der Waals surface area contributed by atoms with Crippen LogP contribution in [0.25, 0.3) is 0 Å². The molecule has 2 aliphatic heterocycles. The number of esters is 2. The third-order valence-electron chi connectivity index (χ3n) is 7.86. The first-order valence-electron chi connectivity index (χ1n) is 13.5. The molecule has 0 radical (unpaired) electrons. The molecule has 2 aliphatic rings. The second-order valence-electron chi connectivity index (χ2n) is 11.5. The Morgan fingerprint density at radius 1 is 0.825 bits per heavy atom. The molecule has 3 aromatic rings. The number of ether oxygens (including phenoxy) is 3. The van der Waals surface area contributed by atoms with Gasteiger partial charge in [0.05, 0.1) is 22.3 Å². The van der Waals surface area contributed by atoms with E-state index in [9.17, 15) is 9.59 Å². The number of carbonyl (C=O) groups is 2. The van der Waals surface area contributed by atoms with Crippen molar-refractivity contribution in [2.24, 2.45) is 0 Å². The fourth-order valence-corrected chi connectivity index (χ4v) is 4.62. The molecule has 5 rings (SSSR count). The van der Waals surface area contributed by atoms with Gasteiger partial charge in [0.15, 0.2) is 0 Å². The maximum Gasteiger partial charge on any atom is 0.532 e. The average molecular weight is 546 g/mol. The van der Waals surface area contributed by atoms with E-state index in [0.29, 0.717) is 29.0 Å². The van der Waals surface area contributed by atoms with Crippen molar-refractivity contribution in [1.29, 1.82) is 0 Å². The van der Waals surface area contributed by atoms with Gasteiger partial charge in [0.1, 0.15) is 36.3 Å². The normalized spacial score (nSPS) is 23.2. The molecule has 0 unspecified atom stereocenters. The monoisotopic (exact) mass is 546 g/mol. The summed E-state index contributed by atoms with van der Waals surface area (Å²) in [7, 11) is -0.651. The van der Waals surface area contributed by atoms with Crippen molar-refractivity contribution in [1.82, 2.24) is 0 Å². The van der Waals surface area contributed by atoms with Gasteiger partial charge in [0.25, 0.3) is 0 Å². The van der Waals surface area contributed by atoms with Crippen LogP contribution in [0.1, 0.15) is 77.8 Å². The van der Waals surface area contributed by atoms with Crippen LogP contribution in [0.2, 0.25) is 0 Å². The van der Waals surface area contributed by atoms with Crippen LogP contribution < -0.4 is 5.66 Å². The predicted molar refractivity (Wildman–Crippen MR) is 148 cm³/mol. The van der Waals surface area contributed by atoms with E-state index in [4.69, 9.17) is 27.9 Å². The number of hydrogen-bond donors (Lipinski definition) is 0. The summed E-state index contributed by atoms with van der Waals surface area (Å²) in [6, 6.07) is 17.9. The van der Waals surface area contributed by atoms with Gasteiger partial charge in [-0.3, -0.25) is 0 Å². The zero-order valence-corrected chi connectivity index (χ0v) is 23.8. The Morgan fingerprint density at radius 3 is 1.95 bits per heavy atom. The number of rotatable bonds is 7. The maximum absolute atomic E-state index is 13.0. The van der Waals surface area contributed by atoms with Gasteiger partial charge in [-0.1, -0.05) is 35.4 Å².